The Morgan fingerprint density at radius 2 is 1.83 bits per heavy atom. The Labute approximate surface area is 138 Å². The lowest BCUT2D eigenvalue weighted by molar-refractivity contribution is 0.0665. The van der Waals surface area contributed by atoms with Gasteiger partial charge in [-0.05, 0) is 23.6 Å². The second-order valence-corrected chi connectivity index (χ2v) is 6.88. The molecule has 1 aromatic carbocycles. The zero-order valence-electron chi connectivity index (χ0n) is 13.1. The molecule has 0 bridgehead atoms. The number of hydrogen-bond donors (Lipinski definition) is 1. The van der Waals surface area contributed by atoms with Gasteiger partial charge in [0.2, 0.25) is 5.76 Å². The van der Waals surface area contributed by atoms with Gasteiger partial charge in [0.05, 0.1) is 5.69 Å². The predicted octanol–water partition coefficient (Wildman–Crippen LogP) is 5.14. The van der Waals surface area contributed by atoms with Crippen molar-refractivity contribution in [3.63, 3.8) is 0 Å². The minimum absolute atomic E-state index is 0.105. The number of furan rings is 1. The molecule has 3 rings (SSSR count). The van der Waals surface area contributed by atoms with Gasteiger partial charge >= 0.3 is 5.97 Å². The van der Waals surface area contributed by atoms with E-state index in [4.69, 9.17) is 21.1 Å². The summed E-state index contributed by atoms with van der Waals surface area (Å²) in [6.07, 6.45) is 0. The molecule has 4 nitrogen and oxygen atoms in total. The van der Waals surface area contributed by atoms with Crippen molar-refractivity contribution in [2.45, 2.75) is 26.2 Å². The summed E-state index contributed by atoms with van der Waals surface area (Å²) in [5, 5.41) is 9.82. The Kier molecular flexibility index (Phi) is 3.65. The van der Waals surface area contributed by atoms with Crippen LogP contribution in [0.1, 0.15) is 36.9 Å². The first-order valence-corrected chi connectivity index (χ1v) is 7.58. The van der Waals surface area contributed by atoms with Crippen LogP contribution in [-0.4, -0.2) is 16.1 Å². The summed E-state index contributed by atoms with van der Waals surface area (Å²) in [6.45, 7) is 6.16. The fourth-order valence-electron chi connectivity index (χ4n) is 2.45. The number of halogens is 1. The van der Waals surface area contributed by atoms with E-state index < -0.39 is 5.97 Å². The van der Waals surface area contributed by atoms with Crippen molar-refractivity contribution in [1.82, 2.24) is 4.98 Å². The normalized spacial score (nSPS) is 11.8. The number of aromatic nitrogens is 1. The highest BCUT2D eigenvalue weighted by atomic mass is 35.5. The van der Waals surface area contributed by atoms with Crippen LogP contribution in [0.15, 0.2) is 40.8 Å². The number of pyridine rings is 1. The molecule has 0 radical (unpaired) electrons. The second kappa shape index (κ2) is 5.39. The fraction of sp³-hybridized carbons (Fsp3) is 0.222. The van der Waals surface area contributed by atoms with Gasteiger partial charge in [-0.25, -0.2) is 9.78 Å². The highest BCUT2D eigenvalue weighted by Crippen LogP contribution is 2.34. The van der Waals surface area contributed by atoms with Gasteiger partial charge in [0.25, 0.3) is 0 Å². The molecule has 0 saturated carbocycles. The monoisotopic (exact) mass is 329 g/mol. The third-order valence-corrected chi connectivity index (χ3v) is 3.89. The quantitative estimate of drug-likeness (QED) is 0.706. The first-order chi connectivity index (χ1) is 10.8. The largest absolute Gasteiger partial charge is 0.475 e. The van der Waals surface area contributed by atoms with E-state index in [0.717, 1.165) is 16.8 Å². The van der Waals surface area contributed by atoms with Crippen LogP contribution in [0.2, 0.25) is 5.02 Å². The van der Waals surface area contributed by atoms with Crippen LogP contribution in [0.25, 0.3) is 22.4 Å². The maximum absolute atomic E-state index is 11.2. The van der Waals surface area contributed by atoms with Gasteiger partial charge in [0, 0.05) is 22.2 Å². The van der Waals surface area contributed by atoms with Crippen molar-refractivity contribution >= 4 is 28.7 Å². The number of rotatable bonds is 2. The zero-order valence-corrected chi connectivity index (χ0v) is 13.8. The molecule has 0 amide bonds. The van der Waals surface area contributed by atoms with E-state index in [1.165, 1.54) is 6.07 Å². The average Bonchev–Trinajstić information content (AvgIpc) is 2.90. The number of hydrogen-bond acceptors (Lipinski definition) is 3. The van der Waals surface area contributed by atoms with Crippen LogP contribution in [0.5, 0.6) is 0 Å². The summed E-state index contributed by atoms with van der Waals surface area (Å²) in [5.74, 6) is -1.21. The summed E-state index contributed by atoms with van der Waals surface area (Å²) < 4.78 is 5.51. The molecule has 0 saturated heterocycles. The smallest absolute Gasteiger partial charge is 0.371 e. The van der Waals surface area contributed by atoms with E-state index in [2.05, 4.69) is 25.8 Å². The Bertz CT molecular complexity index is 889. The van der Waals surface area contributed by atoms with Gasteiger partial charge in [0.15, 0.2) is 5.58 Å². The van der Waals surface area contributed by atoms with Gasteiger partial charge in [-0.2, -0.15) is 0 Å². The summed E-state index contributed by atoms with van der Waals surface area (Å²) in [4.78, 5) is 15.7. The van der Waals surface area contributed by atoms with Gasteiger partial charge in [-0.3, -0.25) is 0 Å². The number of aromatic carboxylic acids is 1. The molecular formula is C18H16ClNO3. The van der Waals surface area contributed by atoms with Crippen LogP contribution in [0, 0.1) is 0 Å². The Hall–Kier alpha value is -2.33. The molecule has 2 aromatic heterocycles. The first kappa shape index (κ1) is 15.6. The number of benzene rings is 1. The summed E-state index contributed by atoms with van der Waals surface area (Å²) in [6, 6.07) is 10.8. The molecule has 0 fully saturated rings. The van der Waals surface area contributed by atoms with E-state index in [1.54, 1.807) is 12.1 Å². The third-order valence-electron chi connectivity index (χ3n) is 3.64. The summed E-state index contributed by atoms with van der Waals surface area (Å²) in [7, 11) is 0. The molecule has 0 aliphatic rings. The molecule has 23 heavy (non-hydrogen) atoms. The second-order valence-electron chi connectivity index (χ2n) is 6.44. The van der Waals surface area contributed by atoms with Crippen molar-refractivity contribution in [3.05, 3.63) is 52.7 Å². The molecule has 0 aliphatic heterocycles. The van der Waals surface area contributed by atoms with Gasteiger partial charge < -0.3 is 9.52 Å². The lowest BCUT2D eigenvalue weighted by Gasteiger charge is -2.20. The highest BCUT2D eigenvalue weighted by Gasteiger charge is 2.23. The van der Waals surface area contributed by atoms with Crippen molar-refractivity contribution in [3.8, 4) is 11.3 Å². The third kappa shape index (κ3) is 2.94. The molecule has 2 heterocycles. The first-order valence-electron chi connectivity index (χ1n) is 7.20. The van der Waals surface area contributed by atoms with Crippen molar-refractivity contribution in [2.75, 3.05) is 0 Å². The van der Waals surface area contributed by atoms with E-state index in [-0.39, 0.29) is 11.2 Å². The highest BCUT2D eigenvalue weighted by molar-refractivity contribution is 6.30. The molecule has 0 spiro atoms. The Morgan fingerprint density at radius 3 is 2.39 bits per heavy atom. The topological polar surface area (TPSA) is 63.3 Å². The number of fused-ring (bicyclic) bond motifs is 1. The summed E-state index contributed by atoms with van der Waals surface area (Å²) in [5.41, 5.74) is 3.44. The van der Waals surface area contributed by atoms with E-state index in [0.29, 0.717) is 16.1 Å². The SMILES string of the molecule is CC(C)(C)c1cc(-c2ccc(Cl)cc2)nc2cc(C(=O)O)oc12. The standard InChI is InChI=1S/C18H16ClNO3/c1-18(2,3)12-8-13(10-4-6-11(19)7-5-10)20-14-9-15(17(21)22)23-16(12)14/h4-9H,1-3H3,(H,21,22). The van der Waals surface area contributed by atoms with Crippen molar-refractivity contribution in [2.24, 2.45) is 0 Å². The van der Waals surface area contributed by atoms with Crippen LogP contribution in [0.4, 0.5) is 0 Å². The van der Waals surface area contributed by atoms with Gasteiger partial charge in [-0.15, -0.1) is 0 Å². The molecular weight excluding hydrogens is 314 g/mol. The minimum Gasteiger partial charge on any atom is -0.475 e. The average molecular weight is 330 g/mol. The van der Waals surface area contributed by atoms with Crippen LogP contribution < -0.4 is 0 Å². The maximum Gasteiger partial charge on any atom is 0.371 e. The number of carbonyl (C=O) groups is 1. The van der Waals surface area contributed by atoms with Crippen LogP contribution >= 0.6 is 11.6 Å². The predicted molar refractivity (Wildman–Crippen MR) is 90.1 cm³/mol. The lowest BCUT2D eigenvalue weighted by atomic mass is 9.86. The Morgan fingerprint density at radius 1 is 1.17 bits per heavy atom. The minimum atomic E-state index is -1.10. The zero-order chi connectivity index (χ0) is 16.8. The molecule has 0 aliphatic carbocycles. The van der Waals surface area contributed by atoms with Gasteiger partial charge in [0.1, 0.15) is 5.52 Å². The van der Waals surface area contributed by atoms with Crippen molar-refractivity contribution < 1.29 is 14.3 Å². The van der Waals surface area contributed by atoms with E-state index in [9.17, 15) is 4.79 Å². The maximum atomic E-state index is 11.2. The molecule has 5 heteroatoms. The number of nitrogens with zero attached hydrogens (tertiary/aromatic N) is 1. The van der Waals surface area contributed by atoms with Crippen LogP contribution in [-0.2, 0) is 5.41 Å². The van der Waals surface area contributed by atoms with E-state index in [1.807, 2.05) is 18.2 Å². The molecule has 0 atom stereocenters. The van der Waals surface area contributed by atoms with Crippen LogP contribution in [0.3, 0.4) is 0 Å². The van der Waals surface area contributed by atoms with Gasteiger partial charge in [-0.1, -0.05) is 44.5 Å². The Balaban J connectivity index is 2.28. The molecule has 3 aromatic rings. The molecule has 118 valence electrons. The lowest BCUT2D eigenvalue weighted by Crippen LogP contribution is -2.12. The number of carboxylic acid groups (broad SMARTS) is 1. The van der Waals surface area contributed by atoms with E-state index >= 15 is 0 Å². The number of carboxylic acids is 1. The fourth-order valence-corrected chi connectivity index (χ4v) is 2.58. The van der Waals surface area contributed by atoms with Crippen molar-refractivity contribution in [1.29, 1.82) is 0 Å². The molecule has 1 N–H and O–H groups in total. The molecule has 0 unspecified atom stereocenters. The summed E-state index contributed by atoms with van der Waals surface area (Å²) >= 11 is 5.94.